The van der Waals surface area contributed by atoms with Gasteiger partial charge in [0, 0.05) is 0 Å². The van der Waals surface area contributed by atoms with Gasteiger partial charge in [-0.2, -0.15) is 0 Å². The molecule has 0 aliphatic heterocycles. The summed E-state index contributed by atoms with van der Waals surface area (Å²) in [6.45, 7) is 0. The summed E-state index contributed by atoms with van der Waals surface area (Å²) >= 11 is 0. The molecule has 0 radical (unpaired) electrons. The fourth-order valence-electron chi connectivity index (χ4n) is 4.69. The molecule has 4 rings (SSSR count). The molecule has 1 aliphatic carbocycles. The van der Waals surface area contributed by atoms with Crippen LogP contribution in [0.25, 0.3) is 0 Å². The van der Waals surface area contributed by atoms with E-state index in [0.717, 1.165) is 18.9 Å². The maximum Gasteiger partial charge on any atom is 0.308 e. The van der Waals surface area contributed by atoms with Crippen LogP contribution in [0.4, 0.5) is 0 Å². The maximum absolute atomic E-state index is 12.3. The molecule has 2 nitrogen and oxygen atoms in total. The lowest BCUT2D eigenvalue weighted by molar-refractivity contribution is -0.151. The summed E-state index contributed by atoms with van der Waals surface area (Å²) in [6, 6.07) is 33.8. The minimum Gasteiger partial charge on any atom is -0.469 e. The number of carbonyl (C=O) groups is 1. The second-order valence-electron chi connectivity index (χ2n) is 7.67. The summed E-state index contributed by atoms with van der Waals surface area (Å²) in [5.74, 6) is 0.362. The van der Waals surface area contributed by atoms with Crippen LogP contribution in [0.1, 0.15) is 12.8 Å². The first-order valence-corrected chi connectivity index (χ1v) is 12.2. The van der Waals surface area contributed by atoms with Crippen LogP contribution in [-0.2, 0) is 9.53 Å². The number of esters is 1. The Labute approximate surface area is 168 Å². The number of hydrogen-bond donors (Lipinski definition) is 0. The molecule has 1 aliphatic rings. The monoisotopic (exact) mass is 386 g/mol. The molecular weight excluding hydrogens is 360 g/mol. The molecule has 3 aromatic rings. The molecule has 0 heterocycles. The average molecular weight is 387 g/mol. The van der Waals surface area contributed by atoms with E-state index in [-0.39, 0.29) is 11.9 Å². The number of methoxy groups -OCH3 is 1. The van der Waals surface area contributed by atoms with Gasteiger partial charge in [-0.15, -0.1) is 0 Å². The molecule has 0 saturated heterocycles. The zero-order valence-electron chi connectivity index (χ0n) is 16.3. The Morgan fingerprint density at radius 2 is 1.21 bits per heavy atom. The van der Waals surface area contributed by atoms with Crippen LogP contribution < -0.4 is 15.6 Å². The molecule has 142 valence electrons. The first kappa shape index (κ1) is 18.7. The third-order valence-corrected chi connectivity index (χ3v) is 11.4. The number of ether oxygens (including phenoxy) is 1. The Hall–Kier alpha value is -2.65. The van der Waals surface area contributed by atoms with E-state index in [4.69, 9.17) is 4.74 Å². The van der Waals surface area contributed by atoms with Crippen LogP contribution in [-0.4, -0.2) is 21.2 Å². The van der Waals surface area contributed by atoms with Gasteiger partial charge in [-0.3, -0.25) is 4.79 Å². The van der Waals surface area contributed by atoms with Gasteiger partial charge in [-0.25, -0.2) is 0 Å². The smallest absolute Gasteiger partial charge is 0.308 e. The molecule has 0 bridgehead atoms. The van der Waals surface area contributed by atoms with Gasteiger partial charge in [-0.05, 0) is 40.4 Å². The van der Waals surface area contributed by atoms with Crippen molar-refractivity contribution in [1.29, 1.82) is 0 Å². The number of carbonyl (C=O) groups excluding carboxylic acids is 1. The van der Waals surface area contributed by atoms with E-state index in [1.807, 2.05) is 0 Å². The van der Waals surface area contributed by atoms with E-state index >= 15 is 0 Å². The van der Waals surface area contributed by atoms with E-state index in [9.17, 15) is 4.79 Å². The summed E-state index contributed by atoms with van der Waals surface area (Å²) in [5.41, 5.74) is 0. The van der Waals surface area contributed by atoms with E-state index in [1.54, 1.807) is 0 Å². The van der Waals surface area contributed by atoms with Crippen molar-refractivity contribution in [3.05, 3.63) is 91.0 Å². The highest BCUT2D eigenvalue weighted by atomic mass is 28.3. The lowest BCUT2D eigenvalue weighted by Gasteiger charge is -2.42. The van der Waals surface area contributed by atoms with Crippen molar-refractivity contribution < 1.29 is 9.53 Å². The normalized spacial score (nSPS) is 18.9. The first-order chi connectivity index (χ1) is 13.8. The molecule has 3 heteroatoms. The average Bonchev–Trinajstić information content (AvgIpc) is 2.75. The first-order valence-electron chi connectivity index (χ1n) is 10.00. The van der Waals surface area contributed by atoms with E-state index in [0.29, 0.717) is 5.92 Å². The minimum absolute atomic E-state index is 0.0352. The fourth-order valence-corrected chi connectivity index (χ4v) is 9.96. The second kappa shape index (κ2) is 8.15. The largest absolute Gasteiger partial charge is 0.469 e. The molecule has 0 unspecified atom stereocenters. The molecular formula is C25H26O2Si. The van der Waals surface area contributed by atoms with Gasteiger partial charge in [0.05, 0.1) is 13.0 Å². The lowest BCUT2D eigenvalue weighted by Crippen LogP contribution is -2.68. The van der Waals surface area contributed by atoms with E-state index in [2.05, 4.69) is 91.0 Å². The molecule has 3 aromatic carbocycles. The van der Waals surface area contributed by atoms with Crippen LogP contribution in [0.3, 0.4) is 0 Å². The van der Waals surface area contributed by atoms with Gasteiger partial charge in [-0.1, -0.05) is 91.0 Å². The van der Waals surface area contributed by atoms with Crippen LogP contribution in [0.5, 0.6) is 0 Å². The van der Waals surface area contributed by atoms with Crippen LogP contribution in [0.15, 0.2) is 91.0 Å². The van der Waals surface area contributed by atoms with Crippen LogP contribution in [0.2, 0.25) is 6.04 Å². The molecule has 28 heavy (non-hydrogen) atoms. The Balaban J connectivity index is 1.88. The molecule has 0 aromatic heterocycles. The summed E-state index contributed by atoms with van der Waals surface area (Å²) in [7, 11) is -0.757. The van der Waals surface area contributed by atoms with Crippen molar-refractivity contribution in [2.24, 2.45) is 11.8 Å². The van der Waals surface area contributed by atoms with E-state index in [1.165, 1.54) is 22.7 Å². The van der Waals surface area contributed by atoms with Crippen molar-refractivity contribution in [1.82, 2.24) is 0 Å². The van der Waals surface area contributed by atoms with Crippen molar-refractivity contribution in [3.8, 4) is 0 Å². The minimum atomic E-state index is -2.26. The lowest BCUT2D eigenvalue weighted by atomic mass is 9.75. The van der Waals surface area contributed by atoms with Gasteiger partial charge >= 0.3 is 5.97 Å². The predicted octanol–water partition coefficient (Wildman–Crippen LogP) is 3.36. The fraction of sp³-hybridized carbons (Fsp3) is 0.240. The standard InChI is InChI=1S/C25H26O2Si/c1-27-25(26)24-18-17-20(24)19-28(21-11-5-2-6-12-21,22-13-7-3-8-14-22)23-15-9-4-10-16-23/h2-16,20,24H,17-19H2,1H3/t20-,24+/m0/s1. The summed E-state index contributed by atoms with van der Waals surface area (Å²) < 4.78 is 5.09. The molecule has 0 spiro atoms. The Morgan fingerprint density at radius 3 is 1.54 bits per heavy atom. The number of benzene rings is 3. The molecule has 0 N–H and O–H groups in total. The quantitative estimate of drug-likeness (QED) is 0.369. The Morgan fingerprint density at radius 1 is 0.786 bits per heavy atom. The zero-order chi connectivity index (χ0) is 19.4. The highest BCUT2D eigenvalue weighted by molar-refractivity contribution is 7.11. The molecule has 1 fully saturated rings. The predicted molar refractivity (Wildman–Crippen MR) is 117 cm³/mol. The number of rotatable bonds is 6. The van der Waals surface area contributed by atoms with Gasteiger partial charge in [0.2, 0.25) is 0 Å². The van der Waals surface area contributed by atoms with Crippen molar-refractivity contribution in [2.45, 2.75) is 18.9 Å². The second-order valence-corrected chi connectivity index (χ2v) is 11.6. The highest BCUT2D eigenvalue weighted by Gasteiger charge is 2.47. The molecule has 2 atom stereocenters. The third-order valence-electron chi connectivity index (χ3n) is 6.29. The van der Waals surface area contributed by atoms with Crippen molar-refractivity contribution >= 4 is 29.6 Å². The van der Waals surface area contributed by atoms with Crippen molar-refractivity contribution in [2.75, 3.05) is 7.11 Å². The summed E-state index contributed by atoms with van der Waals surface area (Å²) in [6.07, 6.45) is 2.04. The van der Waals surface area contributed by atoms with Gasteiger partial charge in [0.15, 0.2) is 0 Å². The van der Waals surface area contributed by atoms with Crippen LogP contribution >= 0.6 is 0 Å². The molecule has 1 saturated carbocycles. The van der Waals surface area contributed by atoms with Gasteiger partial charge in [0.25, 0.3) is 0 Å². The van der Waals surface area contributed by atoms with Gasteiger partial charge < -0.3 is 4.74 Å². The Bertz CT molecular complexity index is 812. The highest BCUT2D eigenvalue weighted by Crippen LogP contribution is 2.40. The van der Waals surface area contributed by atoms with Gasteiger partial charge in [0.1, 0.15) is 8.07 Å². The summed E-state index contributed by atoms with van der Waals surface area (Å²) in [4.78, 5) is 12.3. The topological polar surface area (TPSA) is 26.3 Å². The molecule has 0 amide bonds. The van der Waals surface area contributed by atoms with Crippen molar-refractivity contribution in [3.63, 3.8) is 0 Å². The van der Waals surface area contributed by atoms with E-state index < -0.39 is 8.07 Å². The zero-order valence-corrected chi connectivity index (χ0v) is 17.3. The maximum atomic E-state index is 12.3. The SMILES string of the molecule is COC(=O)[C@@H]1CC[C@H]1C[Si](c1ccccc1)(c1ccccc1)c1ccccc1. The number of hydrogen-bond acceptors (Lipinski definition) is 2. The Kier molecular flexibility index (Phi) is 5.44. The third kappa shape index (κ3) is 3.31. The van der Waals surface area contributed by atoms with Crippen LogP contribution in [0, 0.1) is 11.8 Å². The summed E-state index contributed by atoms with van der Waals surface area (Å²) in [5, 5.41) is 4.22.